The summed E-state index contributed by atoms with van der Waals surface area (Å²) in [5.41, 5.74) is 6.66. The van der Waals surface area contributed by atoms with Crippen LogP contribution in [0.1, 0.15) is 58.6 Å². The van der Waals surface area contributed by atoms with Gasteiger partial charge in [0.15, 0.2) is 0 Å². The third-order valence-corrected chi connectivity index (χ3v) is 5.77. The van der Waals surface area contributed by atoms with Crippen molar-refractivity contribution in [3.63, 3.8) is 0 Å². The molecule has 0 bridgehead atoms. The molecule has 1 aromatic carbocycles. The minimum atomic E-state index is -0.587. The van der Waals surface area contributed by atoms with E-state index in [-0.39, 0.29) is 23.8 Å². The molecule has 4 N–H and O–H groups in total. The van der Waals surface area contributed by atoms with Crippen molar-refractivity contribution in [1.29, 1.82) is 0 Å². The van der Waals surface area contributed by atoms with Crippen LogP contribution in [0, 0.1) is 23.7 Å². The Morgan fingerprint density at radius 1 is 1.15 bits per heavy atom. The molecular weight excluding hydrogens is 338 g/mol. The molecule has 0 saturated heterocycles. The van der Waals surface area contributed by atoms with E-state index >= 15 is 0 Å². The number of rotatable bonds is 7. The molecule has 27 heavy (non-hydrogen) atoms. The van der Waals surface area contributed by atoms with Gasteiger partial charge in [-0.2, -0.15) is 0 Å². The molecule has 0 spiro atoms. The van der Waals surface area contributed by atoms with Crippen LogP contribution in [0.25, 0.3) is 0 Å². The van der Waals surface area contributed by atoms with E-state index in [4.69, 9.17) is 5.73 Å². The first-order valence-electron chi connectivity index (χ1n) is 10.2. The smallest absolute Gasteiger partial charge is 0.237 e. The third-order valence-electron chi connectivity index (χ3n) is 5.77. The van der Waals surface area contributed by atoms with E-state index in [1.54, 1.807) is 6.92 Å². The summed E-state index contributed by atoms with van der Waals surface area (Å²) < 4.78 is 0. The number of nitrogens with one attached hydrogen (secondary N) is 2. The van der Waals surface area contributed by atoms with Gasteiger partial charge in [-0.05, 0) is 43.1 Å². The molecule has 1 aliphatic carbocycles. The zero-order valence-corrected chi connectivity index (χ0v) is 17.1. The number of carbonyl (C=O) groups excluding carboxylic acids is 2. The van der Waals surface area contributed by atoms with Gasteiger partial charge in [0.2, 0.25) is 11.8 Å². The monoisotopic (exact) mass is 373 g/mol. The van der Waals surface area contributed by atoms with Crippen molar-refractivity contribution < 1.29 is 9.59 Å². The summed E-state index contributed by atoms with van der Waals surface area (Å²) >= 11 is 0. The molecule has 1 aromatic rings. The Balaban J connectivity index is 2.06. The van der Waals surface area contributed by atoms with Crippen LogP contribution in [0.15, 0.2) is 30.3 Å². The highest BCUT2D eigenvalue weighted by Gasteiger charge is 2.35. The maximum Gasteiger partial charge on any atom is 0.237 e. The summed E-state index contributed by atoms with van der Waals surface area (Å²) in [5.74, 6) is 1.44. The van der Waals surface area contributed by atoms with E-state index in [9.17, 15) is 9.59 Å². The average molecular weight is 374 g/mol. The average Bonchev–Trinajstić information content (AvgIpc) is 2.64. The molecule has 5 atom stereocenters. The number of hydrogen-bond donors (Lipinski definition) is 3. The second-order valence-electron chi connectivity index (χ2n) is 8.44. The molecular formula is C22H35N3O2. The largest absolute Gasteiger partial charge is 0.353 e. The van der Waals surface area contributed by atoms with E-state index in [0.717, 1.165) is 18.4 Å². The van der Waals surface area contributed by atoms with Crippen LogP contribution in [-0.4, -0.2) is 24.4 Å². The Morgan fingerprint density at radius 2 is 1.81 bits per heavy atom. The summed E-state index contributed by atoms with van der Waals surface area (Å²) in [6.07, 6.45) is 3.25. The lowest BCUT2D eigenvalue weighted by atomic mass is 9.70. The summed E-state index contributed by atoms with van der Waals surface area (Å²) in [6.45, 7) is 8.67. The molecule has 0 aromatic heterocycles. The van der Waals surface area contributed by atoms with Crippen LogP contribution in [0.3, 0.4) is 0 Å². The normalized spacial score (nSPS) is 24.9. The van der Waals surface area contributed by atoms with Gasteiger partial charge in [-0.1, -0.05) is 57.5 Å². The fraction of sp³-hybridized carbons (Fsp3) is 0.636. The van der Waals surface area contributed by atoms with Crippen molar-refractivity contribution >= 4 is 11.8 Å². The topological polar surface area (TPSA) is 84.2 Å². The lowest BCUT2D eigenvalue weighted by Crippen LogP contribution is -2.46. The summed E-state index contributed by atoms with van der Waals surface area (Å²) in [7, 11) is 0. The number of hydrogen-bond acceptors (Lipinski definition) is 3. The fourth-order valence-corrected chi connectivity index (χ4v) is 4.08. The Bertz CT molecular complexity index is 615. The molecule has 0 radical (unpaired) electrons. The van der Waals surface area contributed by atoms with Gasteiger partial charge in [-0.25, -0.2) is 0 Å². The predicted octanol–water partition coefficient (Wildman–Crippen LogP) is 3.02. The van der Waals surface area contributed by atoms with Crippen LogP contribution < -0.4 is 16.4 Å². The SMILES string of the molecule is CC1CCC(C(C)C)[C@H](C(=O)NCC(NC(=O)[C@@H](C)N)c2ccccc2)C1. The highest BCUT2D eigenvalue weighted by atomic mass is 16.2. The fourth-order valence-electron chi connectivity index (χ4n) is 4.08. The van der Waals surface area contributed by atoms with E-state index in [2.05, 4.69) is 31.4 Å². The van der Waals surface area contributed by atoms with Crippen molar-refractivity contribution in [2.45, 2.75) is 59.0 Å². The van der Waals surface area contributed by atoms with Crippen molar-refractivity contribution in [1.82, 2.24) is 10.6 Å². The summed E-state index contributed by atoms with van der Waals surface area (Å²) in [4.78, 5) is 25.1. The Kier molecular flexibility index (Phi) is 7.84. The third kappa shape index (κ3) is 6.06. The lowest BCUT2D eigenvalue weighted by Gasteiger charge is -2.36. The summed E-state index contributed by atoms with van der Waals surface area (Å²) in [6, 6.07) is 8.84. The standard InChI is InChI=1S/C22H35N3O2/c1-14(2)18-11-10-15(3)12-19(18)22(27)24-13-20(25-21(26)16(4)23)17-8-6-5-7-9-17/h5-9,14-16,18-20H,10-13,23H2,1-4H3,(H,24,27)(H,25,26)/t15?,16-,18?,19-,20?/m1/s1. The first kappa shape index (κ1) is 21.4. The minimum absolute atomic E-state index is 0.0503. The number of carbonyl (C=O) groups is 2. The molecule has 0 heterocycles. The zero-order chi connectivity index (χ0) is 20.0. The molecule has 1 saturated carbocycles. The van der Waals surface area contributed by atoms with Gasteiger partial charge in [-0.3, -0.25) is 9.59 Å². The molecule has 5 heteroatoms. The predicted molar refractivity (Wildman–Crippen MR) is 109 cm³/mol. The Labute approximate surface area is 163 Å². The maximum absolute atomic E-state index is 13.0. The number of nitrogens with two attached hydrogens (primary N) is 1. The minimum Gasteiger partial charge on any atom is -0.353 e. The number of amides is 2. The molecule has 2 rings (SSSR count). The summed E-state index contributed by atoms with van der Waals surface area (Å²) in [5, 5.41) is 6.06. The second-order valence-corrected chi connectivity index (χ2v) is 8.44. The molecule has 150 valence electrons. The Hall–Kier alpha value is -1.88. The lowest BCUT2D eigenvalue weighted by molar-refractivity contribution is -0.130. The van der Waals surface area contributed by atoms with Gasteiger partial charge in [0.1, 0.15) is 0 Å². The quantitative estimate of drug-likeness (QED) is 0.687. The van der Waals surface area contributed by atoms with Crippen molar-refractivity contribution in [3.05, 3.63) is 35.9 Å². The van der Waals surface area contributed by atoms with Crippen LogP contribution in [0.5, 0.6) is 0 Å². The van der Waals surface area contributed by atoms with E-state index in [1.807, 2.05) is 30.3 Å². The number of benzene rings is 1. The molecule has 1 fully saturated rings. The first-order valence-corrected chi connectivity index (χ1v) is 10.2. The first-order chi connectivity index (χ1) is 12.8. The molecule has 1 aliphatic rings. The van der Waals surface area contributed by atoms with Crippen molar-refractivity contribution in [2.24, 2.45) is 29.4 Å². The van der Waals surface area contributed by atoms with Crippen LogP contribution >= 0.6 is 0 Å². The van der Waals surface area contributed by atoms with Crippen molar-refractivity contribution in [2.75, 3.05) is 6.54 Å². The van der Waals surface area contributed by atoms with Gasteiger partial charge >= 0.3 is 0 Å². The molecule has 2 amide bonds. The Morgan fingerprint density at radius 3 is 2.41 bits per heavy atom. The van der Waals surface area contributed by atoms with Gasteiger partial charge < -0.3 is 16.4 Å². The van der Waals surface area contributed by atoms with Crippen LogP contribution in [0.2, 0.25) is 0 Å². The molecule has 3 unspecified atom stereocenters. The maximum atomic E-state index is 13.0. The van der Waals surface area contributed by atoms with E-state index < -0.39 is 6.04 Å². The van der Waals surface area contributed by atoms with Crippen molar-refractivity contribution in [3.8, 4) is 0 Å². The van der Waals surface area contributed by atoms with Gasteiger partial charge in [0.25, 0.3) is 0 Å². The molecule has 5 nitrogen and oxygen atoms in total. The van der Waals surface area contributed by atoms with E-state index in [0.29, 0.717) is 24.3 Å². The zero-order valence-electron chi connectivity index (χ0n) is 17.1. The molecule has 0 aliphatic heterocycles. The highest BCUT2D eigenvalue weighted by Crippen LogP contribution is 2.38. The van der Waals surface area contributed by atoms with Gasteiger partial charge in [0.05, 0.1) is 12.1 Å². The highest BCUT2D eigenvalue weighted by molar-refractivity contribution is 5.82. The second kappa shape index (κ2) is 9.88. The van der Waals surface area contributed by atoms with E-state index in [1.165, 1.54) is 6.42 Å². The van der Waals surface area contributed by atoms with Crippen LogP contribution in [0.4, 0.5) is 0 Å². The van der Waals surface area contributed by atoms with Gasteiger partial charge in [0, 0.05) is 12.5 Å². The van der Waals surface area contributed by atoms with Gasteiger partial charge in [-0.15, -0.1) is 0 Å². The van der Waals surface area contributed by atoms with Crippen LogP contribution in [-0.2, 0) is 9.59 Å².